The summed E-state index contributed by atoms with van der Waals surface area (Å²) in [5.74, 6) is 1.98. The van der Waals surface area contributed by atoms with Crippen LogP contribution in [0.2, 0.25) is 0 Å². The zero-order valence-electron chi connectivity index (χ0n) is 15.2. The van der Waals surface area contributed by atoms with Gasteiger partial charge in [-0.05, 0) is 32.4 Å². The first-order valence-corrected chi connectivity index (χ1v) is 8.97. The van der Waals surface area contributed by atoms with E-state index in [1.165, 1.54) is 12.1 Å². The molecule has 0 fully saturated rings. The highest BCUT2D eigenvalue weighted by atomic mass is 19.1. The maximum absolute atomic E-state index is 13.2. The molecule has 0 spiro atoms. The minimum atomic E-state index is -0.307. The van der Waals surface area contributed by atoms with Gasteiger partial charge in [-0.25, -0.2) is 19.0 Å². The molecule has 3 rings (SSSR count). The molecule has 0 bridgehead atoms. The van der Waals surface area contributed by atoms with Gasteiger partial charge in [0.05, 0.1) is 13.1 Å². The van der Waals surface area contributed by atoms with Crippen LogP contribution in [-0.2, 0) is 13.0 Å². The molecule has 1 aliphatic heterocycles. The van der Waals surface area contributed by atoms with Crippen LogP contribution >= 0.6 is 0 Å². The van der Waals surface area contributed by atoms with Crippen LogP contribution in [0.15, 0.2) is 35.6 Å². The number of rotatable bonds is 6. The average molecular weight is 360 g/mol. The van der Waals surface area contributed by atoms with Gasteiger partial charge in [-0.2, -0.15) is 5.10 Å². The van der Waals surface area contributed by atoms with Crippen LogP contribution in [-0.4, -0.2) is 46.0 Å². The van der Waals surface area contributed by atoms with E-state index in [-0.39, 0.29) is 18.0 Å². The molecule has 140 valence electrons. The van der Waals surface area contributed by atoms with Crippen molar-refractivity contribution < 1.29 is 9.13 Å². The Morgan fingerprint density at radius 1 is 1.50 bits per heavy atom. The summed E-state index contributed by atoms with van der Waals surface area (Å²) < 4.78 is 20.9. The molecule has 1 aromatic carbocycles. The number of ether oxygens (including phenoxy) is 1. The summed E-state index contributed by atoms with van der Waals surface area (Å²) in [6.45, 7) is 5.95. The monoisotopic (exact) mass is 360 g/mol. The molecule has 2 heterocycles. The molecule has 0 aliphatic carbocycles. The fourth-order valence-corrected chi connectivity index (χ4v) is 2.90. The third-order valence-corrected chi connectivity index (χ3v) is 4.13. The number of fused-ring (bicyclic) bond motifs is 1. The molecule has 8 heteroatoms. The van der Waals surface area contributed by atoms with Crippen molar-refractivity contribution in [3.63, 3.8) is 0 Å². The maximum atomic E-state index is 13.2. The smallest absolute Gasteiger partial charge is 0.191 e. The highest BCUT2D eigenvalue weighted by molar-refractivity contribution is 5.80. The van der Waals surface area contributed by atoms with Crippen LogP contribution in [0, 0.1) is 5.82 Å². The van der Waals surface area contributed by atoms with Gasteiger partial charge in [0, 0.05) is 25.1 Å². The summed E-state index contributed by atoms with van der Waals surface area (Å²) in [6, 6.07) is 6.40. The van der Waals surface area contributed by atoms with E-state index in [0.717, 1.165) is 37.7 Å². The Morgan fingerprint density at radius 3 is 3.19 bits per heavy atom. The number of aromatic nitrogens is 3. The molecule has 7 nitrogen and oxygen atoms in total. The van der Waals surface area contributed by atoms with Gasteiger partial charge in [0.25, 0.3) is 0 Å². The zero-order chi connectivity index (χ0) is 18.4. The molecule has 2 atom stereocenters. The molecule has 0 saturated heterocycles. The predicted octanol–water partition coefficient (Wildman–Crippen LogP) is 1.75. The van der Waals surface area contributed by atoms with Crippen molar-refractivity contribution in [2.75, 3.05) is 13.1 Å². The summed E-state index contributed by atoms with van der Waals surface area (Å²) in [5, 5.41) is 10.9. The van der Waals surface area contributed by atoms with Crippen molar-refractivity contribution in [2.24, 2.45) is 4.99 Å². The van der Waals surface area contributed by atoms with Gasteiger partial charge in [0.15, 0.2) is 5.96 Å². The number of hydrogen-bond acceptors (Lipinski definition) is 4. The van der Waals surface area contributed by atoms with Crippen molar-refractivity contribution in [3.05, 3.63) is 42.2 Å². The predicted molar refractivity (Wildman–Crippen MR) is 97.7 cm³/mol. The number of benzene rings is 1. The third-order valence-electron chi connectivity index (χ3n) is 4.13. The van der Waals surface area contributed by atoms with Crippen molar-refractivity contribution in [2.45, 2.75) is 45.4 Å². The second-order valence-electron chi connectivity index (χ2n) is 6.34. The molecule has 2 N–H and O–H groups in total. The van der Waals surface area contributed by atoms with E-state index in [1.54, 1.807) is 18.5 Å². The van der Waals surface area contributed by atoms with Gasteiger partial charge in [-0.3, -0.25) is 0 Å². The van der Waals surface area contributed by atoms with Crippen molar-refractivity contribution in [1.29, 1.82) is 0 Å². The normalized spacial score (nSPS) is 18.1. The standard InChI is InChI=1S/C18H25FN6O/c1-3-20-18(24-15-7-8-17-22-12-23-25(17)11-15)21-10-13(2)26-16-6-4-5-14(19)9-16/h4-6,9,12-13,15H,3,7-8,10-11H2,1-2H3,(H2,20,21,24). The van der Waals surface area contributed by atoms with Crippen molar-refractivity contribution in [3.8, 4) is 5.75 Å². The summed E-state index contributed by atoms with van der Waals surface area (Å²) in [7, 11) is 0. The van der Waals surface area contributed by atoms with Gasteiger partial charge >= 0.3 is 0 Å². The molecular weight excluding hydrogens is 335 g/mol. The van der Waals surface area contributed by atoms with E-state index in [0.29, 0.717) is 12.3 Å². The van der Waals surface area contributed by atoms with Crippen molar-refractivity contribution >= 4 is 5.96 Å². The van der Waals surface area contributed by atoms with E-state index in [4.69, 9.17) is 4.74 Å². The SMILES string of the molecule is CCNC(=NCC(C)Oc1cccc(F)c1)NC1CCc2ncnn2C1. The number of nitrogens with one attached hydrogen (secondary N) is 2. The molecular formula is C18H25FN6O. The number of nitrogens with zero attached hydrogens (tertiary/aromatic N) is 4. The van der Waals surface area contributed by atoms with Gasteiger partial charge in [0.1, 0.15) is 29.8 Å². The molecule has 0 radical (unpaired) electrons. The lowest BCUT2D eigenvalue weighted by Gasteiger charge is -2.25. The summed E-state index contributed by atoms with van der Waals surface area (Å²) in [4.78, 5) is 8.85. The lowest BCUT2D eigenvalue weighted by Crippen LogP contribution is -2.47. The molecule has 2 unspecified atom stereocenters. The van der Waals surface area contributed by atoms with Crippen LogP contribution < -0.4 is 15.4 Å². The molecule has 26 heavy (non-hydrogen) atoms. The number of aryl methyl sites for hydroxylation is 1. The quantitative estimate of drug-likeness (QED) is 0.606. The molecule has 0 saturated carbocycles. The van der Waals surface area contributed by atoms with E-state index >= 15 is 0 Å². The number of aliphatic imine (C=N–C) groups is 1. The summed E-state index contributed by atoms with van der Waals surface area (Å²) in [5.41, 5.74) is 0. The van der Waals surface area contributed by atoms with Gasteiger partial charge < -0.3 is 15.4 Å². The maximum Gasteiger partial charge on any atom is 0.191 e. The Morgan fingerprint density at radius 2 is 2.38 bits per heavy atom. The highest BCUT2D eigenvalue weighted by Gasteiger charge is 2.20. The summed E-state index contributed by atoms with van der Waals surface area (Å²) in [6.07, 6.45) is 3.32. The first kappa shape index (κ1) is 18.2. The Balaban J connectivity index is 1.55. The first-order chi connectivity index (χ1) is 12.6. The van der Waals surface area contributed by atoms with Crippen LogP contribution in [0.25, 0.3) is 0 Å². The fourth-order valence-electron chi connectivity index (χ4n) is 2.90. The van der Waals surface area contributed by atoms with E-state index in [2.05, 4.69) is 25.7 Å². The van der Waals surface area contributed by atoms with Crippen LogP contribution in [0.5, 0.6) is 5.75 Å². The lowest BCUT2D eigenvalue weighted by atomic mass is 10.1. The Bertz CT molecular complexity index is 747. The summed E-state index contributed by atoms with van der Waals surface area (Å²) >= 11 is 0. The largest absolute Gasteiger partial charge is 0.489 e. The highest BCUT2D eigenvalue weighted by Crippen LogP contribution is 2.14. The minimum Gasteiger partial charge on any atom is -0.489 e. The third kappa shape index (κ3) is 4.93. The van der Waals surface area contributed by atoms with Gasteiger partial charge in [-0.15, -0.1) is 0 Å². The van der Waals surface area contributed by atoms with E-state index in [1.807, 2.05) is 18.5 Å². The van der Waals surface area contributed by atoms with Crippen molar-refractivity contribution in [1.82, 2.24) is 25.4 Å². The number of halogens is 1. The Kier molecular flexibility index (Phi) is 6.04. The Hall–Kier alpha value is -2.64. The minimum absolute atomic E-state index is 0.166. The van der Waals surface area contributed by atoms with Crippen LogP contribution in [0.1, 0.15) is 26.1 Å². The number of guanidine groups is 1. The Labute approximate surface area is 152 Å². The van der Waals surface area contributed by atoms with Crippen LogP contribution in [0.3, 0.4) is 0 Å². The van der Waals surface area contributed by atoms with Gasteiger partial charge in [0.2, 0.25) is 0 Å². The molecule has 1 aliphatic rings. The second-order valence-corrected chi connectivity index (χ2v) is 6.34. The lowest BCUT2D eigenvalue weighted by molar-refractivity contribution is 0.229. The van der Waals surface area contributed by atoms with E-state index < -0.39 is 0 Å². The molecule has 2 aromatic rings. The van der Waals surface area contributed by atoms with Crippen LogP contribution in [0.4, 0.5) is 4.39 Å². The number of hydrogen-bond donors (Lipinski definition) is 2. The second kappa shape index (κ2) is 8.64. The molecule has 1 aromatic heterocycles. The topological polar surface area (TPSA) is 76.4 Å². The van der Waals surface area contributed by atoms with Gasteiger partial charge in [-0.1, -0.05) is 6.07 Å². The van der Waals surface area contributed by atoms with E-state index in [9.17, 15) is 4.39 Å². The zero-order valence-corrected chi connectivity index (χ0v) is 15.2. The fraction of sp³-hybridized carbons (Fsp3) is 0.500. The molecule has 0 amide bonds. The average Bonchev–Trinajstić information content (AvgIpc) is 3.08. The first-order valence-electron chi connectivity index (χ1n) is 8.97.